The smallest absolute Gasteiger partial charge is 0.275 e. The third kappa shape index (κ3) is 2.69. The molecular formula is C16H21N3OS. The number of amides is 1. The number of nitrogen functional groups attached to an aromatic ring is 1. The van der Waals surface area contributed by atoms with E-state index in [4.69, 9.17) is 5.84 Å². The molecule has 4 nitrogen and oxygen atoms in total. The number of carbonyl (C=O) groups excluding carboxylic acids is 1. The van der Waals surface area contributed by atoms with Gasteiger partial charge in [0.15, 0.2) is 0 Å². The van der Waals surface area contributed by atoms with Crippen molar-refractivity contribution < 1.29 is 4.79 Å². The quantitative estimate of drug-likeness (QED) is 0.521. The summed E-state index contributed by atoms with van der Waals surface area (Å²) < 4.78 is 1.14. The molecule has 3 N–H and O–H groups in total. The summed E-state index contributed by atoms with van der Waals surface area (Å²) in [4.78, 5) is 15.3. The summed E-state index contributed by atoms with van der Waals surface area (Å²) in [6, 6.07) is 8.75. The number of rotatable bonds is 3. The Morgan fingerprint density at radius 3 is 2.86 bits per heavy atom. The Morgan fingerprint density at radius 1 is 1.43 bits per heavy atom. The Bertz CT molecular complexity index is 667. The molecule has 21 heavy (non-hydrogen) atoms. The Hall–Kier alpha value is -1.43. The number of thiophene rings is 1. The minimum atomic E-state index is -0.189. The van der Waals surface area contributed by atoms with Crippen LogP contribution in [0.15, 0.2) is 24.3 Å². The number of nitrogens with two attached hydrogens (primary N) is 1. The first-order chi connectivity index (χ1) is 10.1. The van der Waals surface area contributed by atoms with E-state index in [9.17, 15) is 4.79 Å². The molecule has 0 spiro atoms. The lowest BCUT2D eigenvalue weighted by atomic mass is 10.1. The summed E-state index contributed by atoms with van der Waals surface area (Å²) in [6.07, 6.45) is 1.22. The molecule has 0 saturated carbocycles. The second kappa shape index (κ2) is 5.75. The molecule has 1 aliphatic heterocycles. The van der Waals surface area contributed by atoms with Crippen LogP contribution >= 0.6 is 11.3 Å². The molecule has 2 aromatic rings. The van der Waals surface area contributed by atoms with Gasteiger partial charge in [-0.25, -0.2) is 5.84 Å². The van der Waals surface area contributed by atoms with Crippen molar-refractivity contribution in [2.24, 2.45) is 11.8 Å². The van der Waals surface area contributed by atoms with Gasteiger partial charge in [-0.05, 0) is 36.3 Å². The van der Waals surface area contributed by atoms with Crippen molar-refractivity contribution in [3.05, 3.63) is 34.7 Å². The second-order valence-corrected chi connectivity index (χ2v) is 7.05. The Balaban J connectivity index is 2.01. The van der Waals surface area contributed by atoms with E-state index in [1.807, 2.05) is 12.1 Å². The molecule has 2 atom stereocenters. The molecular weight excluding hydrogens is 282 g/mol. The molecule has 1 saturated heterocycles. The number of hydrazine groups is 1. The number of nitrogens with zero attached hydrogens (tertiary/aromatic N) is 1. The molecule has 1 fully saturated rings. The second-order valence-electron chi connectivity index (χ2n) is 6.00. The Morgan fingerprint density at radius 2 is 2.19 bits per heavy atom. The van der Waals surface area contributed by atoms with Crippen LogP contribution in [0, 0.1) is 5.92 Å². The van der Waals surface area contributed by atoms with Crippen LogP contribution in [0.25, 0.3) is 10.1 Å². The van der Waals surface area contributed by atoms with E-state index >= 15 is 0 Å². The summed E-state index contributed by atoms with van der Waals surface area (Å²) in [7, 11) is 0. The van der Waals surface area contributed by atoms with Gasteiger partial charge < -0.3 is 0 Å². The lowest BCUT2D eigenvalue weighted by Crippen LogP contribution is -2.31. The van der Waals surface area contributed by atoms with Crippen LogP contribution in [0.5, 0.6) is 0 Å². The van der Waals surface area contributed by atoms with Crippen molar-refractivity contribution in [3.8, 4) is 0 Å². The fraction of sp³-hybridized carbons (Fsp3) is 0.438. The van der Waals surface area contributed by atoms with Gasteiger partial charge in [0.1, 0.15) is 0 Å². The van der Waals surface area contributed by atoms with Gasteiger partial charge in [0, 0.05) is 23.8 Å². The molecule has 1 aromatic carbocycles. The van der Waals surface area contributed by atoms with E-state index in [2.05, 4.69) is 36.3 Å². The van der Waals surface area contributed by atoms with E-state index < -0.39 is 0 Å². The van der Waals surface area contributed by atoms with Crippen LogP contribution in [0.2, 0.25) is 0 Å². The van der Waals surface area contributed by atoms with E-state index in [1.54, 1.807) is 0 Å². The zero-order valence-electron chi connectivity index (χ0n) is 12.4. The summed E-state index contributed by atoms with van der Waals surface area (Å²) in [5, 5.41) is 1.17. The van der Waals surface area contributed by atoms with Gasteiger partial charge in [0.2, 0.25) is 0 Å². The van der Waals surface area contributed by atoms with E-state index in [-0.39, 0.29) is 5.91 Å². The van der Waals surface area contributed by atoms with Crippen LogP contribution < -0.4 is 11.3 Å². The lowest BCUT2D eigenvalue weighted by molar-refractivity contribution is 0.0955. The van der Waals surface area contributed by atoms with Gasteiger partial charge >= 0.3 is 0 Å². The number of hydrogen-bond donors (Lipinski definition) is 2. The minimum absolute atomic E-state index is 0.189. The van der Waals surface area contributed by atoms with Crippen LogP contribution in [-0.2, 0) is 6.54 Å². The van der Waals surface area contributed by atoms with Crippen molar-refractivity contribution >= 4 is 27.3 Å². The first-order valence-electron chi connectivity index (χ1n) is 7.35. The van der Waals surface area contributed by atoms with Crippen LogP contribution in [-0.4, -0.2) is 23.4 Å². The highest BCUT2D eigenvalue weighted by molar-refractivity contribution is 7.21. The highest BCUT2D eigenvalue weighted by atomic mass is 32.1. The maximum atomic E-state index is 12.1. The van der Waals surface area contributed by atoms with Crippen LogP contribution in [0.1, 0.15) is 35.5 Å². The van der Waals surface area contributed by atoms with Gasteiger partial charge in [-0.15, -0.1) is 11.3 Å². The van der Waals surface area contributed by atoms with Crippen molar-refractivity contribution in [1.82, 2.24) is 10.3 Å². The van der Waals surface area contributed by atoms with E-state index in [1.165, 1.54) is 23.1 Å². The van der Waals surface area contributed by atoms with Crippen LogP contribution in [0.4, 0.5) is 0 Å². The molecule has 112 valence electrons. The first kappa shape index (κ1) is 14.5. The Kier molecular flexibility index (Phi) is 3.97. The van der Waals surface area contributed by atoms with Crippen molar-refractivity contribution in [2.45, 2.75) is 32.9 Å². The molecule has 0 radical (unpaired) electrons. The number of likely N-dealkylation sites (tertiary alicyclic amines) is 1. The maximum absolute atomic E-state index is 12.1. The number of hydrogen-bond acceptors (Lipinski definition) is 4. The summed E-state index contributed by atoms with van der Waals surface area (Å²) in [5.41, 5.74) is 3.39. The third-order valence-electron chi connectivity index (χ3n) is 4.31. The standard InChI is InChI=1S/C16H21N3OS/c1-10-7-11(2)19(8-10)9-13-12-5-3-4-6-14(12)21-15(13)16(20)18-17/h3-6,10-11H,7-9,17H2,1-2H3,(H,18,20). The molecule has 1 aromatic heterocycles. The van der Waals surface area contributed by atoms with Gasteiger partial charge in [-0.3, -0.25) is 15.1 Å². The SMILES string of the molecule is CC1CC(C)N(Cc2c(C(=O)NN)sc3ccccc23)C1. The Labute approximate surface area is 128 Å². The number of carbonyl (C=O) groups is 1. The highest BCUT2D eigenvalue weighted by Crippen LogP contribution is 2.34. The molecule has 2 unspecified atom stereocenters. The average molecular weight is 303 g/mol. The fourth-order valence-corrected chi connectivity index (χ4v) is 4.43. The normalized spacial score (nSPS) is 22.8. The zero-order valence-corrected chi connectivity index (χ0v) is 13.2. The highest BCUT2D eigenvalue weighted by Gasteiger charge is 2.28. The summed E-state index contributed by atoms with van der Waals surface area (Å²) >= 11 is 1.52. The monoisotopic (exact) mass is 303 g/mol. The van der Waals surface area contributed by atoms with Crippen molar-refractivity contribution in [1.29, 1.82) is 0 Å². The fourth-order valence-electron chi connectivity index (χ4n) is 3.31. The lowest BCUT2D eigenvalue weighted by Gasteiger charge is -2.21. The summed E-state index contributed by atoms with van der Waals surface area (Å²) in [5.74, 6) is 5.88. The van der Waals surface area contributed by atoms with Crippen molar-refractivity contribution in [3.63, 3.8) is 0 Å². The minimum Gasteiger partial charge on any atom is -0.296 e. The molecule has 2 heterocycles. The number of benzene rings is 1. The number of fused-ring (bicyclic) bond motifs is 1. The predicted octanol–water partition coefficient (Wildman–Crippen LogP) is 2.74. The molecule has 0 bridgehead atoms. The zero-order chi connectivity index (χ0) is 15.0. The van der Waals surface area contributed by atoms with Crippen molar-refractivity contribution in [2.75, 3.05) is 6.54 Å². The predicted molar refractivity (Wildman–Crippen MR) is 87.1 cm³/mol. The van der Waals surface area contributed by atoms with Gasteiger partial charge in [0.25, 0.3) is 5.91 Å². The molecule has 1 amide bonds. The molecule has 5 heteroatoms. The molecule has 1 aliphatic rings. The largest absolute Gasteiger partial charge is 0.296 e. The van der Waals surface area contributed by atoms with E-state index in [0.717, 1.165) is 34.1 Å². The maximum Gasteiger partial charge on any atom is 0.275 e. The van der Waals surface area contributed by atoms with Gasteiger partial charge in [-0.1, -0.05) is 25.1 Å². The van der Waals surface area contributed by atoms with E-state index in [0.29, 0.717) is 6.04 Å². The molecule has 3 rings (SSSR count). The number of nitrogens with one attached hydrogen (secondary N) is 1. The third-order valence-corrected chi connectivity index (χ3v) is 5.52. The first-order valence-corrected chi connectivity index (χ1v) is 8.17. The van der Waals surface area contributed by atoms with Gasteiger partial charge in [-0.2, -0.15) is 0 Å². The van der Waals surface area contributed by atoms with Crippen LogP contribution in [0.3, 0.4) is 0 Å². The summed E-state index contributed by atoms with van der Waals surface area (Å²) in [6.45, 7) is 6.46. The molecule has 0 aliphatic carbocycles. The topological polar surface area (TPSA) is 58.4 Å². The van der Waals surface area contributed by atoms with Gasteiger partial charge in [0.05, 0.1) is 4.88 Å². The average Bonchev–Trinajstić information content (AvgIpc) is 2.99.